The Balaban J connectivity index is 2.61. The van der Waals surface area contributed by atoms with E-state index in [2.05, 4.69) is 0 Å². The van der Waals surface area contributed by atoms with Gasteiger partial charge in [-0.05, 0) is 39.8 Å². The lowest BCUT2D eigenvalue weighted by atomic mass is 9.90. The molecule has 0 radical (unpaired) electrons. The van der Waals surface area contributed by atoms with E-state index in [-0.39, 0.29) is 0 Å². The van der Waals surface area contributed by atoms with Gasteiger partial charge in [0.05, 0.1) is 12.5 Å². The van der Waals surface area contributed by atoms with Crippen LogP contribution in [0.25, 0.3) is 21.9 Å². The maximum atomic E-state index is 6.36. The first-order valence-corrected chi connectivity index (χ1v) is 6.62. The molecule has 2 heterocycles. The van der Waals surface area contributed by atoms with Crippen molar-refractivity contribution in [2.24, 2.45) is 5.73 Å². The van der Waals surface area contributed by atoms with Crippen molar-refractivity contribution in [2.45, 2.75) is 33.2 Å². The van der Waals surface area contributed by atoms with Crippen LogP contribution in [0.3, 0.4) is 0 Å². The molecular weight excluding hydrogens is 254 g/mol. The van der Waals surface area contributed by atoms with Gasteiger partial charge in [-0.25, -0.2) is 0 Å². The van der Waals surface area contributed by atoms with Crippen molar-refractivity contribution in [2.75, 3.05) is 7.11 Å². The van der Waals surface area contributed by atoms with Crippen LogP contribution in [0.5, 0.6) is 5.75 Å². The number of methoxy groups -OCH3 is 1. The van der Waals surface area contributed by atoms with Crippen molar-refractivity contribution < 1.29 is 13.6 Å². The topological polar surface area (TPSA) is 61.5 Å². The molecule has 0 saturated heterocycles. The minimum absolute atomic E-state index is 0.538. The zero-order valence-corrected chi connectivity index (χ0v) is 12.5. The zero-order chi connectivity index (χ0) is 14.7. The molecule has 0 aliphatic rings. The quantitative estimate of drug-likeness (QED) is 0.766. The van der Waals surface area contributed by atoms with Crippen molar-refractivity contribution in [3.63, 3.8) is 0 Å². The summed E-state index contributed by atoms with van der Waals surface area (Å²) in [5.74, 6) is 2.36. The van der Waals surface area contributed by atoms with E-state index in [1.54, 1.807) is 7.11 Å². The number of nitrogens with two attached hydrogens (primary N) is 1. The molecule has 0 atom stereocenters. The average Bonchev–Trinajstić information content (AvgIpc) is 2.85. The first-order chi connectivity index (χ1) is 9.32. The van der Waals surface area contributed by atoms with E-state index >= 15 is 0 Å². The van der Waals surface area contributed by atoms with E-state index in [0.717, 1.165) is 39.0 Å². The highest BCUT2D eigenvalue weighted by Gasteiger charge is 2.28. The molecule has 0 unspecified atom stereocenters. The van der Waals surface area contributed by atoms with Crippen LogP contribution in [0.15, 0.2) is 21.0 Å². The predicted octanol–water partition coefficient (Wildman–Crippen LogP) is 4.00. The van der Waals surface area contributed by atoms with Gasteiger partial charge in [0.2, 0.25) is 0 Å². The maximum Gasteiger partial charge on any atom is 0.177 e. The van der Waals surface area contributed by atoms with Gasteiger partial charge in [-0.1, -0.05) is 0 Å². The van der Waals surface area contributed by atoms with Gasteiger partial charge in [-0.2, -0.15) is 0 Å². The van der Waals surface area contributed by atoms with Crippen LogP contribution in [-0.4, -0.2) is 7.11 Å². The SMILES string of the molecule is COc1c2cc(C)oc2c(C(C)(C)N)c2cc(C)oc12. The lowest BCUT2D eigenvalue weighted by Gasteiger charge is -2.21. The fourth-order valence-corrected chi connectivity index (χ4v) is 2.82. The van der Waals surface area contributed by atoms with Gasteiger partial charge >= 0.3 is 0 Å². The maximum absolute atomic E-state index is 6.36. The van der Waals surface area contributed by atoms with Crippen LogP contribution >= 0.6 is 0 Å². The van der Waals surface area contributed by atoms with Crippen LogP contribution in [0.4, 0.5) is 0 Å². The van der Waals surface area contributed by atoms with Crippen LogP contribution in [0.2, 0.25) is 0 Å². The summed E-state index contributed by atoms with van der Waals surface area (Å²) in [7, 11) is 1.64. The summed E-state index contributed by atoms with van der Waals surface area (Å²) >= 11 is 0. The van der Waals surface area contributed by atoms with Gasteiger partial charge in [0.1, 0.15) is 17.1 Å². The third-order valence-corrected chi connectivity index (χ3v) is 3.51. The molecule has 2 aromatic heterocycles. The third-order valence-electron chi connectivity index (χ3n) is 3.51. The number of aryl methyl sites for hydroxylation is 2. The van der Waals surface area contributed by atoms with Gasteiger partial charge in [-0.3, -0.25) is 0 Å². The normalized spacial score (nSPS) is 12.5. The lowest BCUT2D eigenvalue weighted by molar-refractivity contribution is 0.413. The van der Waals surface area contributed by atoms with Crippen molar-refractivity contribution >= 4 is 21.9 Å². The molecule has 0 aliphatic carbocycles. The molecule has 106 valence electrons. The Bertz CT molecular complexity index is 745. The molecule has 0 spiro atoms. The average molecular weight is 273 g/mol. The van der Waals surface area contributed by atoms with Crippen molar-refractivity contribution in [1.29, 1.82) is 0 Å². The number of hydrogen-bond acceptors (Lipinski definition) is 4. The molecule has 1 aromatic carbocycles. The summed E-state index contributed by atoms with van der Waals surface area (Å²) in [4.78, 5) is 0. The second kappa shape index (κ2) is 4.03. The van der Waals surface area contributed by atoms with Gasteiger partial charge in [0.15, 0.2) is 11.3 Å². The van der Waals surface area contributed by atoms with Crippen molar-refractivity contribution in [1.82, 2.24) is 0 Å². The van der Waals surface area contributed by atoms with Gasteiger partial charge in [0, 0.05) is 16.5 Å². The molecule has 4 nitrogen and oxygen atoms in total. The number of hydrogen-bond donors (Lipinski definition) is 1. The number of rotatable bonds is 2. The Morgan fingerprint density at radius 1 is 1.00 bits per heavy atom. The van der Waals surface area contributed by atoms with Crippen molar-refractivity contribution in [3.05, 3.63) is 29.2 Å². The summed E-state index contributed by atoms with van der Waals surface area (Å²) in [5, 5.41) is 1.86. The monoisotopic (exact) mass is 273 g/mol. The number of fused-ring (bicyclic) bond motifs is 2. The predicted molar refractivity (Wildman–Crippen MR) is 79.2 cm³/mol. The Labute approximate surface area is 117 Å². The Hall–Kier alpha value is -1.94. The molecule has 0 bridgehead atoms. The fraction of sp³-hybridized carbons (Fsp3) is 0.375. The fourth-order valence-electron chi connectivity index (χ4n) is 2.82. The van der Waals surface area contributed by atoms with E-state index < -0.39 is 5.54 Å². The molecule has 0 fully saturated rings. The second-order valence-corrected chi connectivity index (χ2v) is 5.83. The van der Waals surface area contributed by atoms with E-state index in [1.165, 1.54) is 0 Å². The largest absolute Gasteiger partial charge is 0.492 e. The standard InChI is InChI=1S/C16H19NO3/c1-8-6-10-12(16(3,4)17)13-11(7-9(2)19-13)14(18-5)15(10)20-8/h6-7H,17H2,1-5H3. The van der Waals surface area contributed by atoms with E-state index in [9.17, 15) is 0 Å². The van der Waals surface area contributed by atoms with Crippen LogP contribution in [0, 0.1) is 13.8 Å². The van der Waals surface area contributed by atoms with Crippen LogP contribution in [0.1, 0.15) is 30.9 Å². The summed E-state index contributed by atoms with van der Waals surface area (Å²) in [5.41, 5.74) is 8.28. The van der Waals surface area contributed by atoms with Gasteiger partial charge in [0.25, 0.3) is 0 Å². The highest BCUT2D eigenvalue weighted by Crippen LogP contribution is 2.44. The smallest absolute Gasteiger partial charge is 0.177 e. The van der Waals surface area contributed by atoms with Crippen molar-refractivity contribution in [3.8, 4) is 5.75 Å². The minimum Gasteiger partial charge on any atom is -0.492 e. The molecule has 20 heavy (non-hydrogen) atoms. The first kappa shape index (κ1) is 13.1. The number of benzene rings is 1. The molecule has 0 saturated carbocycles. The lowest BCUT2D eigenvalue weighted by Crippen LogP contribution is -2.29. The molecular formula is C16H19NO3. The Morgan fingerprint density at radius 3 is 2.10 bits per heavy atom. The summed E-state index contributed by atoms with van der Waals surface area (Å²) in [6.07, 6.45) is 0. The molecule has 2 N–H and O–H groups in total. The first-order valence-electron chi connectivity index (χ1n) is 6.62. The van der Waals surface area contributed by atoms with Crippen LogP contribution < -0.4 is 10.5 Å². The minimum atomic E-state index is -0.538. The summed E-state index contributed by atoms with van der Waals surface area (Å²) in [6, 6.07) is 3.94. The zero-order valence-electron chi connectivity index (χ0n) is 12.5. The van der Waals surface area contributed by atoms with Gasteiger partial charge in [-0.15, -0.1) is 0 Å². The highest BCUT2D eigenvalue weighted by atomic mass is 16.5. The number of furan rings is 2. The Kier molecular flexibility index (Phi) is 2.63. The molecule has 3 rings (SSSR count). The molecule has 3 aromatic rings. The summed E-state index contributed by atoms with van der Waals surface area (Å²) < 4.78 is 17.2. The van der Waals surface area contributed by atoms with Crippen LogP contribution in [-0.2, 0) is 5.54 Å². The number of ether oxygens (including phenoxy) is 1. The summed E-state index contributed by atoms with van der Waals surface area (Å²) in [6.45, 7) is 7.77. The van der Waals surface area contributed by atoms with Gasteiger partial charge < -0.3 is 19.3 Å². The Morgan fingerprint density at radius 2 is 1.55 bits per heavy atom. The molecule has 0 amide bonds. The highest BCUT2D eigenvalue weighted by molar-refractivity contribution is 6.05. The van der Waals surface area contributed by atoms with E-state index in [4.69, 9.17) is 19.3 Å². The molecule has 0 aliphatic heterocycles. The molecule has 4 heteroatoms. The second-order valence-electron chi connectivity index (χ2n) is 5.83. The van der Waals surface area contributed by atoms with E-state index in [0.29, 0.717) is 5.75 Å². The third kappa shape index (κ3) is 1.72. The van der Waals surface area contributed by atoms with E-state index in [1.807, 2.05) is 39.8 Å².